The van der Waals surface area contributed by atoms with Crippen molar-refractivity contribution in [1.82, 2.24) is 0 Å². The quantitative estimate of drug-likeness (QED) is 0.770. The molecule has 3 heteroatoms. The van der Waals surface area contributed by atoms with Crippen LogP contribution in [0.4, 0.5) is 4.39 Å². The van der Waals surface area contributed by atoms with E-state index in [0.29, 0.717) is 12.0 Å². The lowest BCUT2D eigenvalue weighted by Gasteiger charge is -2.28. The fraction of sp³-hybridized carbons (Fsp3) is 0.417. The van der Waals surface area contributed by atoms with E-state index in [-0.39, 0.29) is 5.56 Å². The van der Waals surface area contributed by atoms with Crippen molar-refractivity contribution in [1.29, 1.82) is 0 Å². The highest BCUT2D eigenvalue weighted by atomic mass is 19.1. The molecule has 1 aromatic rings. The van der Waals surface area contributed by atoms with Crippen molar-refractivity contribution in [2.24, 2.45) is 0 Å². The van der Waals surface area contributed by atoms with Gasteiger partial charge in [0.15, 0.2) is 0 Å². The fourth-order valence-electron chi connectivity index (χ4n) is 2.19. The van der Waals surface area contributed by atoms with Gasteiger partial charge in [0.1, 0.15) is 5.67 Å². The third kappa shape index (κ3) is 1.74. The zero-order valence-corrected chi connectivity index (χ0v) is 8.59. The molecule has 0 bridgehead atoms. The molecule has 0 aromatic heterocycles. The summed E-state index contributed by atoms with van der Waals surface area (Å²) in [4.78, 5) is 10.8. The highest BCUT2D eigenvalue weighted by molar-refractivity contribution is 5.88. The summed E-state index contributed by atoms with van der Waals surface area (Å²) in [5, 5.41) is 8.82. The number of carbonyl (C=O) groups is 1. The van der Waals surface area contributed by atoms with E-state index in [2.05, 4.69) is 0 Å². The van der Waals surface area contributed by atoms with Crippen molar-refractivity contribution in [3.8, 4) is 0 Å². The number of hydrogen-bond acceptors (Lipinski definition) is 1. The van der Waals surface area contributed by atoms with Crippen LogP contribution in [-0.4, -0.2) is 11.1 Å². The average molecular weight is 208 g/mol. The average Bonchev–Trinajstić information content (AvgIpc) is 2.16. The molecular formula is C12H13FO2. The second kappa shape index (κ2) is 3.33. The van der Waals surface area contributed by atoms with E-state index in [1.54, 1.807) is 19.1 Å². The Hall–Kier alpha value is -1.38. The molecule has 0 saturated carbocycles. The molecule has 0 aliphatic heterocycles. The summed E-state index contributed by atoms with van der Waals surface area (Å²) in [7, 11) is 0. The second-order valence-corrected chi connectivity index (χ2v) is 4.23. The molecule has 2 nitrogen and oxygen atoms in total. The van der Waals surface area contributed by atoms with Crippen LogP contribution in [0.15, 0.2) is 18.2 Å². The molecule has 1 unspecified atom stereocenters. The molecule has 1 aromatic carbocycles. The van der Waals surface area contributed by atoms with Crippen LogP contribution in [0, 0.1) is 0 Å². The molecule has 1 aliphatic carbocycles. The molecule has 0 spiro atoms. The molecule has 0 heterocycles. The van der Waals surface area contributed by atoms with Gasteiger partial charge in [-0.2, -0.15) is 0 Å². The number of rotatable bonds is 1. The highest BCUT2D eigenvalue weighted by Crippen LogP contribution is 2.38. The molecule has 15 heavy (non-hydrogen) atoms. The standard InChI is InChI=1S/C12H13FO2/c1-12(13)6-2-3-8-7-9(11(14)15)4-5-10(8)12/h4-5,7H,2-3,6H2,1H3,(H,14,15). The van der Waals surface area contributed by atoms with Crippen molar-refractivity contribution in [2.45, 2.75) is 31.9 Å². The van der Waals surface area contributed by atoms with E-state index in [1.165, 1.54) is 6.07 Å². The van der Waals surface area contributed by atoms with Crippen molar-refractivity contribution in [3.05, 3.63) is 34.9 Å². The molecule has 1 aliphatic rings. The van der Waals surface area contributed by atoms with Gasteiger partial charge in [-0.15, -0.1) is 0 Å². The Labute approximate surface area is 87.7 Å². The highest BCUT2D eigenvalue weighted by Gasteiger charge is 2.31. The summed E-state index contributed by atoms with van der Waals surface area (Å²) < 4.78 is 14.0. The number of carboxylic acids is 1. The van der Waals surface area contributed by atoms with Crippen LogP contribution in [0.3, 0.4) is 0 Å². The molecule has 0 saturated heterocycles. The number of benzene rings is 1. The Morgan fingerprint density at radius 2 is 2.27 bits per heavy atom. The number of alkyl halides is 1. The molecule has 80 valence electrons. The van der Waals surface area contributed by atoms with Crippen LogP contribution in [0.2, 0.25) is 0 Å². The maximum Gasteiger partial charge on any atom is 0.335 e. The first-order chi connectivity index (χ1) is 7.00. The Bertz CT molecular complexity index is 410. The summed E-state index contributed by atoms with van der Waals surface area (Å²) in [5.74, 6) is -0.955. The molecule has 1 N–H and O–H groups in total. The Morgan fingerprint density at radius 3 is 2.93 bits per heavy atom. The molecule has 0 radical (unpaired) electrons. The van der Waals surface area contributed by atoms with E-state index >= 15 is 0 Å². The number of aromatic carboxylic acids is 1. The normalized spacial score (nSPS) is 24.7. The number of fused-ring (bicyclic) bond motifs is 1. The number of hydrogen-bond donors (Lipinski definition) is 1. The first-order valence-corrected chi connectivity index (χ1v) is 5.06. The van der Waals surface area contributed by atoms with Crippen LogP contribution in [0.5, 0.6) is 0 Å². The molecule has 0 amide bonds. The minimum atomic E-state index is -1.30. The van der Waals surface area contributed by atoms with Crippen LogP contribution in [0.25, 0.3) is 0 Å². The van der Waals surface area contributed by atoms with Gasteiger partial charge in [-0.25, -0.2) is 9.18 Å². The van der Waals surface area contributed by atoms with Crippen molar-refractivity contribution < 1.29 is 14.3 Å². The van der Waals surface area contributed by atoms with Crippen LogP contribution < -0.4 is 0 Å². The predicted octanol–water partition coefficient (Wildman–Crippen LogP) is 2.91. The maximum atomic E-state index is 14.0. The van der Waals surface area contributed by atoms with Gasteiger partial charge in [0.25, 0.3) is 0 Å². The van der Waals surface area contributed by atoms with Crippen molar-refractivity contribution >= 4 is 5.97 Å². The van der Waals surface area contributed by atoms with Crippen LogP contribution in [0.1, 0.15) is 41.3 Å². The molecule has 0 fully saturated rings. The van der Waals surface area contributed by atoms with Gasteiger partial charge >= 0.3 is 5.97 Å². The smallest absolute Gasteiger partial charge is 0.335 e. The first kappa shape index (κ1) is 10.1. The summed E-state index contributed by atoms with van der Waals surface area (Å²) in [6, 6.07) is 4.68. The third-order valence-electron chi connectivity index (χ3n) is 3.01. The molecule has 2 rings (SSSR count). The summed E-state index contributed by atoms with van der Waals surface area (Å²) in [6.45, 7) is 1.56. The summed E-state index contributed by atoms with van der Waals surface area (Å²) in [6.07, 6.45) is 2.07. The molecular weight excluding hydrogens is 195 g/mol. The Kier molecular flexibility index (Phi) is 2.25. The lowest BCUT2D eigenvalue weighted by molar-refractivity contribution is 0.0696. The topological polar surface area (TPSA) is 37.3 Å². The Morgan fingerprint density at radius 1 is 1.53 bits per heavy atom. The minimum absolute atomic E-state index is 0.242. The lowest BCUT2D eigenvalue weighted by atomic mass is 9.81. The van der Waals surface area contributed by atoms with Crippen molar-refractivity contribution in [2.75, 3.05) is 0 Å². The first-order valence-electron chi connectivity index (χ1n) is 5.06. The number of halogens is 1. The predicted molar refractivity (Wildman–Crippen MR) is 54.8 cm³/mol. The van der Waals surface area contributed by atoms with Crippen molar-refractivity contribution in [3.63, 3.8) is 0 Å². The second-order valence-electron chi connectivity index (χ2n) is 4.23. The van der Waals surface area contributed by atoms with E-state index in [1.807, 2.05) is 0 Å². The third-order valence-corrected chi connectivity index (χ3v) is 3.01. The van der Waals surface area contributed by atoms with E-state index < -0.39 is 11.6 Å². The van der Waals surface area contributed by atoms with Crippen LogP contribution >= 0.6 is 0 Å². The summed E-state index contributed by atoms with van der Waals surface area (Å²) >= 11 is 0. The van der Waals surface area contributed by atoms with E-state index in [9.17, 15) is 9.18 Å². The SMILES string of the molecule is CC1(F)CCCc2cc(C(=O)O)ccc21. The minimum Gasteiger partial charge on any atom is -0.478 e. The maximum absolute atomic E-state index is 14.0. The van der Waals surface area contributed by atoms with Gasteiger partial charge in [0.2, 0.25) is 0 Å². The van der Waals surface area contributed by atoms with Gasteiger partial charge in [0.05, 0.1) is 5.56 Å². The van der Waals surface area contributed by atoms with Gasteiger partial charge in [-0.05, 0) is 49.4 Å². The van der Waals surface area contributed by atoms with Gasteiger partial charge in [0, 0.05) is 0 Å². The van der Waals surface area contributed by atoms with E-state index in [0.717, 1.165) is 18.4 Å². The van der Waals surface area contributed by atoms with Gasteiger partial charge in [-0.3, -0.25) is 0 Å². The summed E-state index contributed by atoms with van der Waals surface area (Å²) in [5.41, 5.74) is 0.432. The van der Waals surface area contributed by atoms with Gasteiger partial charge < -0.3 is 5.11 Å². The fourth-order valence-corrected chi connectivity index (χ4v) is 2.19. The Balaban J connectivity index is 2.50. The van der Waals surface area contributed by atoms with E-state index in [4.69, 9.17) is 5.11 Å². The van der Waals surface area contributed by atoms with Gasteiger partial charge in [-0.1, -0.05) is 6.07 Å². The zero-order valence-electron chi connectivity index (χ0n) is 8.59. The molecule has 1 atom stereocenters. The zero-order chi connectivity index (χ0) is 11.1. The lowest BCUT2D eigenvalue weighted by Crippen LogP contribution is -2.22. The monoisotopic (exact) mass is 208 g/mol. The number of aryl methyl sites for hydroxylation is 1. The largest absolute Gasteiger partial charge is 0.478 e. The number of carboxylic acid groups (broad SMARTS) is 1. The van der Waals surface area contributed by atoms with Crippen LogP contribution in [-0.2, 0) is 12.1 Å².